The van der Waals surface area contributed by atoms with Crippen LogP contribution in [-0.2, 0) is 0 Å². The van der Waals surface area contributed by atoms with E-state index in [0.717, 1.165) is 6.42 Å². The van der Waals surface area contributed by atoms with E-state index in [2.05, 4.69) is 10.3 Å². The van der Waals surface area contributed by atoms with Gasteiger partial charge in [0, 0.05) is 18.5 Å². The minimum atomic E-state index is -0.576. The minimum absolute atomic E-state index is 0.190. The van der Waals surface area contributed by atoms with Gasteiger partial charge in [0.15, 0.2) is 5.69 Å². The van der Waals surface area contributed by atoms with Crippen molar-refractivity contribution in [2.24, 2.45) is 5.92 Å². The topological polar surface area (TPSA) is 88.0 Å². The Morgan fingerprint density at radius 3 is 2.88 bits per heavy atom. The fourth-order valence-corrected chi connectivity index (χ4v) is 1.65. The molecule has 0 aromatic carbocycles. The number of amides is 1. The van der Waals surface area contributed by atoms with Gasteiger partial charge in [-0.25, -0.2) is 4.98 Å². The van der Waals surface area contributed by atoms with E-state index in [-0.39, 0.29) is 23.3 Å². The molecule has 0 spiro atoms. The third kappa shape index (κ3) is 4.07. The molecule has 1 rings (SSSR count). The third-order valence-corrected chi connectivity index (χ3v) is 2.54. The minimum Gasteiger partial charge on any atom is -0.358 e. The first kappa shape index (κ1) is 13.5. The standard InChI is InChI=1S/C10H14ClN3O3/c1-7(4-5-11)6-12-10(15)8-2-3-9(13-8)14(16)17/h2-3,7,13H,4-6H2,1H3,(H,12,15). The van der Waals surface area contributed by atoms with E-state index in [0.29, 0.717) is 12.4 Å². The molecule has 1 aromatic heterocycles. The van der Waals surface area contributed by atoms with Gasteiger partial charge in [-0.05, 0) is 23.3 Å². The van der Waals surface area contributed by atoms with E-state index in [1.54, 1.807) is 0 Å². The van der Waals surface area contributed by atoms with Gasteiger partial charge in [0.2, 0.25) is 0 Å². The summed E-state index contributed by atoms with van der Waals surface area (Å²) < 4.78 is 0. The van der Waals surface area contributed by atoms with Crippen LogP contribution in [0.3, 0.4) is 0 Å². The molecule has 7 heteroatoms. The maximum absolute atomic E-state index is 11.6. The van der Waals surface area contributed by atoms with Gasteiger partial charge < -0.3 is 15.4 Å². The maximum atomic E-state index is 11.6. The highest BCUT2D eigenvalue weighted by Crippen LogP contribution is 2.10. The van der Waals surface area contributed by atoms with Crippen molar-refractivity contribution in [1.82, 2.24) is 10.3 Å². The second-order valence-electron chi connectivity index (χ2n) is 3.81. The van der Waals surface area contributed by atoms with Crippen LogP contribution >= 0.6 is 11.6 Å². The number of aromatic nitrogens is 1. The third-order valence-electron chi connectivity index (χ3n) is 2.32. The Labute approximate surface area is 103 Å². The molecule has 1 atom stereocenters. The molecular formula is C10H14ClN3O3. The van der Waals surface area contributed by atoms with Gasteiger partial charge in [-0.1, -0.05) is 6.92 Å². The second kappa shape index (κ2) is 6.24. The summed E-state index contributed by atoms with van der Waals surface area (Å²) in [6, 6.07) is 2.65. The van der Waals surface area contributed by atoms with Gasteiger partial charge in [-0.15, -0.1) is 11.6 Å². The summed E-state index contributed by atoms with van der Waals surface area (Å²) in [7, 11) is 0. The molecule has 0 aliphatic carbocycles. The van der Waals surface area contributed by atoms with E-state index in [9.17, 15) is 14.9 Å². The molecule has 0 saturated heterocycles. The van der Waals surface area contributed by atoms with Gasteiger partial charge in [-0.3, -0.25) is 4.79 Å². The highest BCUT2D eigenvalue weighted by atomic mass is 35.5. The second-order valence-corrected chi connectivity index (χ2v) is 4.19. The van der Waals surface area contributed by atoms with Gasteiger partial charge in [0.1, 0.15) is 0 Å². The van der Waals surface area contributed by atoms with E-state index in [4.69, 9.17) is 11.6 Å². The number of carbonyl (C=O) groups excluding carboxylic acids is 1. The Morgan fingerprint density at radius 1 is 1.65 bits per heavy atom. The number of hydrogen-bond acceptors (Lipinski definition) is 3. The van der Waals surface area contributed by atoms with Crippen molar-refractivity contribution < 1.29 is 9.72 Å². The molecule has 0 bridgehead atoms. The maximum Gasteiger partial charge on any atom is 0.321 e. The predicted octanol–water partition coefficient (Wildman–Crippen LogP) is 1.92. The van der Waals surface area contributed by atoms with E-state index in [1.165, 1.54) is 12.1 Å². The Morgan fingerprint density at radius 2 is 2.35 bits per heavy atom. The van der Waals surface area contributed by atoms with Crippen LogP contribution in [0.25, 0.3) is 0 Å². The molecule has 0 fully saturated rings. The molecule has 94 valence electrons. The number of halogens is 1. The first-order valence-corrected chi connectivity index (χ1v) is 5.75. The van der Waals surface area contributed by atoms with Crippen LogP contribution in [0.2, 0.25) is 0 Å². The lowest BCUT2D eigenvalue weighted by atomic mass is 10.1. The van der Waals surface area contributed by atoms with Crippen molar-refractivity contribution >= 4 is 23.3 Å². The summed E-state index contributed by atoms with van der Waals surface area (Å²) in [6.07, 6.45) is 0.812. The normalized spacial score (nSPS) is 12.1. The van der Waals surface area contributed by atoms with E-state index >= 15 is 0 Å². The van der Waals surface area contributed by atoms with Crippen molar-refractivity contribution in [1.29, 1.82) is 0 Å². The Bertz CT molecular complexity index is 405. The molecule has 0 aliphatic heterocycles. The SMILES string of the molecule is CC(CCCl)CNC(=O)c1ccc([N+](=O)[O-])[nH]1. The van der Waals surface area contributed by atoms with Crippen LogP contribution in [-0.4, -0.2) is 28.2 Å². The van der Waals surface area contributed by atoms with Crippen LogP contribution in [0.4, 0.5) is 5.82 Å². The molecule has 17 heavy (non-hydrogen) atoms. The molecule has 2 N–H and O–H groups in total. The smallest absolute Gasteiger partial charge is 0.321 e. The van der Waals surface area contributed by atoms with Crippen molar-refractivity contribution in [3.05, 3.63) is 27.9 Å². The average molecular weight is 260 g/mol. The fourth-order valence-electron chi connectivity index (χ4n) is 1.27. The van der Waals surface area contributed by atoms with Crippen molar-refractivity contribution in [3.63, 3.8) is 0 Å². The lowest BCUT2D eigenvalue weighted by Crippen LogP contribution is -2.28. The number of carbonyl (C=O) groups is 1. The van der Waals surface area contributed by atoms with Crippen LogP contribution < -0.4 is 5.32 Å². The quantitative estimate of drug-likeness (QED) is 0.465. The van der Waals surface area contributed by atoms with Gasteiger partial charge in [-0.2, -0.15) is 0 Å². The first-order chi connectivity index (χ1) is 8.04. The van der Waals surface area contributed by atoms with Crippen molar-refractivity contribution in [2.45, 2.75) is 13.3 Å². The van der Waals surface area contributed by atoms with Gasteiger partial charge in [0.05, 0.1) is 0 Å². The van der Waals surface area contributed by atoms with E-state index < -0.39 is 4.92 Å². The number of nitrogens with zero attached hydrogens (tertiary/aromatic N) is 1. The van der Waals surface area contributed by atoms with Crippen molar-refractivity contribution in [3.8, 4) is 0 Å². The largest absolute Gasteiger partial charge is 0.358 e. The lowest BCUT2D eigenvalue weighted by Gasteiger charge is -2.09. The summed E-state index contributed by atoms with van der Waals surface area (Å²) in [6.45, 7) is 2.47. The van der Waals surface area contributed by atoms with Crippen molar-refractivity contribution in [2.75, 3.05) is 12.4 Å². The zero-order chi connectivity index (χ0) is 12.8. The predicted molar refractivity (Wildman–Crippen MR) is 64.3 cm³/mol. The molecule has 6 nitrogen and oxygen atoms in total. The number of nitro groups is 1. The summed E-state index contributed by atoms with van der Waals surface area (Å²) >= 11 is 5.57. The Kier molecular flexibility index (Phi) is 4.96. The van der Waals surface area contributed by atoms with E-state index in [1.807, 2.05) is 6.92 Å². The highest BCUT2D eigenvalue weighted by molar-refractivity contribution is 6.17. The zero-order valence-electron chi connectivity index (χ0n) is 9.40. The highest BCUT2D eigenvalue weighted by Gasteiger charge is 2.15. The number of nitrogens with one attached hydrogen (secondary N) is 2. The van der Waals surface area contributed by atoms with Crippen LogP contribution in [0.5, 0.6) is 0 Å². The number of hydrogen-bond donors (Lipinski definition) is 2. The lowest BCUT2D eigenvalue weighted by molar-refractivity contribution is -0.389. The molecule has 1 amide bonds. The van der Waals surface area contributed by atoms with Gasteiger partial charge >= 0.3 is 5.82 Å². The monoisotopic (exact) mass is 259 g/mol. The molecule has 0 saturated carbocycles. The summed E-state index contributed by atoms with van der Waals surface area (Å²) in [5, 5.41) is 13.1. The first-order valence-electron chi connectivity index (χ1n) is 5.22. The summed E-state index contributed by atoms with van der Waals surface area (Å²) in [5.74, 6) is 0.287. The van der Waals surface area contributed by atoms with Crippen LogP contribution in [0, 0.1) is 16.0 Å². The number of rotatable bonds is 6. The van der Waals surface area contributed by atoms with Gasteiger partial charge in [0.25, 0.3) is 5.91 Å². The summed E-state index contributed by atoms with van der Waals surface area (Å²) in [5.41, 5.74) is 0.190. The van der Waals surface area contributed by atoms with Crippen LogP contribution in [0.15, 0.2) is 12.1 Å². The average Bonchev–Trinajstić information content (AvgIpc) is 2.75. The summed E-state index contributed by atoms with van der Waals surface area (Å²) in [4.78, 5) is 23.9. The molecule has 1 unspecified atom stereocenters. The number of aromatic amines is 1. The Hall–Kier alpha value is -1.56. The molecule has 1 aromatic rings. The molecular weight excluding hydrogens is 246 g/mol. The molecule has 1 heterocycles. The Balaban J connectivity index is 2.49. The molecule has 0 radical (unpaired) electrons. The van der Waals surface area contributed by atoms with Crippen LogP contribution in [0.1, 0.15) is 23.8 Å². The molecule has 0 aliphatic rings. The zero-order valence-corrected chi connectivity index (χ0v) is 10.2. The number of alkyl halides is 1. The number of H-pyrrole nitrogens is 1. The fraction of sp³-hybridized carbons (Fsp3) is 0.500.